The number of carbonyl (C=O) groups is 1. The van der Waals surface area contributed by atoms with Gasteiger partial charge < -0.3 is 15.5 Å². The van der Waals surface area contributed by atoms with Gasteiger partial charge in [-0.15, -0.1) is 0 Å². The number of rotatable bonds is 5. The van der Waals surface area contributed by atoms with Gasteiger partial charge in [-0.05, 0) is 36.4 Å². The highest BCUT2D eigenvalue weighted by atomic mass is 16.5. The first-order chi connectivity index (χ1) is 12.7. The number of hydrogen-bond acceptors (Lipinski definition) is 6. The van der Waals surface area contributed by atoms with Gasteiger partial charge in [0.15, 0.2) is 17.9 Å². The number of imidazole rings is 1. The normalized spacial score (nSPS) is 10.8. The Morgan fingerprint density at radius 2 is 1.88 bits per heavy atom. The Labute approximate surface area is 148 Å². The first kappa shape index (κ1) is 15.8. The van der Waals surface area contributed by atoms with Crippen LogP contribution in [0.15, 0.2) is 54.7 Å². The van der Waals surface area contributed by atoms with Crippen molar-refractivity contribution in [3.63, 3.8) is 0 Å². The molecule has 0 unspecified atom stereocenters. The minimum atomic E-state index is 0.0250. The van der Waals surface area contributed by atoms with Crippen LogP contribution in [0.1, 0.15) is 0 Å². The van der Waals surface area contributed by atoms with Gasteiger partial charge in [-0.1, -0.05) is 12.1 Å². The van der Waals surface area contributed by atoms with Crippen molar-refractivity contribution in [2.24, 2.45) is 0 Å². The highest BCUT2D eigenvalue weighted by Gasteiger charge is 2.13. The lowest BCUT2D eigenvalue weighted by Crippen LogP contribution is -2.00. The van der Waals surface area contributed by atoms with Crippen molar-refractivity contribution in [2.45, 2.75) is 0 Å². The van der Waals surface area contributed by atoms with Crippen LogP contribution in [-0.2, 0) is 4.79 Å². The second-order valence-corrected chi connectivity index (χ2v) is 5.59. The summed E-state index contributed by atoms with van der Waals surface area (Å²) in [5.74, 6) is 1.49. The number of carbonyl (C=O) groups excluding carboxylic acids is 1. The molecule has 0 amide bonds. The van der Waals surface area contributed by atoms with E-state index in [-0.39, 0.29) is 6.61 Å². The van der Waals surface area contributed by atoms with Gasteiger partial charge in [0.1, 0.15) is 18.1 Å². The second kappa shape index (κ2) is 6.64. The van der Waals surface area contributed by atoms with Gasteiger partial charge in [-0.25, -0.2) is 15.0 Å². The van der Waals surface area contributed by atoms with Crippen LogP contribution in [0.4, 0.5) is 5.82 Å². The molecule has 0 bridgehead atoms. The molecular weight excluding hydrogens is 330 g/mol. The minimum Gasteiger partial charge on any atom is -0.486 e. The largest absolute Gasteiger partial charge is 0.486 e. The van der Waals surface area contributed by atoms with Gasteiger partial charge >= 0.3 is 0 Å². The Hall–Kier alpha value is -3.74. The monoisotopic (exact) mass is 345 g/mol. The van der Waals surface area contributed by atoms with Crippen LogP contribution in [0.2, 0.25) is 0 Å². The fourth-order valence-corrected chi connectivity index (χ4v) is 2.63. The third-order valence-electron chi connectivity index (χ3n) is 3.88. The molecule has 0 spiro atoms. The number of nitrogens with two attached hydrogens (primary N) is 1. The van der Waals surface area contributed by atoms with E-state index in [1.807, 2.05) is 36.4 Å². The van der Waals surface area contributed by atoms with E-state index in [1.165, 1.54) is 0 Å². The number of aromatic nitrogens is 4. The SMILES string of the molecule is Nc1ncc(-c2ccc(OCC=O)cc2)nc1-c1nc2ccccc2[nH]1. The van der Waals surface area contributed by atoms with Crippen molar-refractivity contribution in [2.75, 3.05) is 12.3 Å². The zero-order valence-corrected chi connectivity index (χ0v) is 13.7. The van der Waals surface area contributed by atoms with Crippen molar-refractivity contribution in [3.05, 3.63) is 54.7 Å². The van der Waals surface area contributed by atoms with Gasteiger partial charge in [-0.2, -0.15) is 0 Å². The Balaban J connectivity index is 1.70. The third-order valence-corrected chi connectivity index (χ3v) is 3.88. The van der Waals surface area contributed by atoms with E-state index < -0.39 is 0 Å². The molecule has 0 fully saturated rings. The molecule has 0 aliphatic carbocycles. The van der Waals surface area contributed by atoms with Crippen molar-refractivity contribution in [3.8, 4) is 28.5 Å². The average molecular weight is 345 g/mol. The molecule has 4 rings (SSSR count). The number of para-hydroxylation sites is 2. The number of fused-ring (bicyclic) bond motifs is 1. The highest BCUT2D eigenvalue weighted by molar-refractivity contribution is 5.81. The van der Waals surface area contributed by atoms with Crippen molar-refractivity contribution in [1.82, 2.24) is 19.9 Å². The summed E-state index contributed by atoms with van der Waals surface area (Å²) < 4.78 is 5.25. The molecule has 0 saturated carbocycles. The van der Waals surface area contributed by atoms with Gasteiger partial charge in [0.25, 0.3) is 0 Å². The number of nitrogens with one attached hydrogen (secondary N) is 1. The summed E-state index contributed by atoms with van der Waals surface area (Å²) in [7, 11) is 0. The number of nitrogens with zero attached hydrogens (tertiary/aromatic N) is 3. The molecule has 0 aliphatic rings. The van der Waals surface area contributed by atoms with Crippen LogP contribution in [0, 0.1) is 0 Å². The van der Waals surface area contributed by atoms with Gasteiger partial charge in [-0.3, -0.25) is 4.79 Å². The lowest BCUT2D eigenvalue weighted by Gasteiger charge is -2.07. The zero-order chi connectivity index (χ0) is 17.9. The molecule has 7 nitrogen and oxygen atoms in total. The Kier molecular flexibility index (Phi) is 4.03. The zero-order valence-electron chi connectivity index (χ0n) is 13.7. The molecule has 0 radical (unpaired) electrons. The number of ether oxygens (including phenoxy) is 1. The fraction of sp³-hybridized carbons (Fsp3) is 0.0526. The number of anilines is 1. The molecule has 3 N–H and O–H groups in total. The first-order valence-corrected chi connectivity index (χ1v) is 7.99. The fourth-order valence-electron chi connectivity index (χ4n) is 2.63. The van der Waals surface area contributed by atoms with Crippen LogP contribution in [0.3, 0.4) is 0 Å². The molecule has 0 atom stereocenters. The molecule has 7 heteroatoms. The van der Waals surface area contributed by atoms with E-state index in [9.17, 15) is 4.79 Å². The van der Waals surface area contributed by atoms with Gasteiger partial charge in [0, 0.05) is 5.56 Å². The quantitative estimate of drug-likeness (QED) is 0.539. The molecule has 4 aromatic rings. The lowest BCUT2D eigenvalue weighted by atomic mass is 10.1. The summed E-state index contributed by atoms with van der Waals surface area (Å²) in [6.45, 7) is 0.0250. The predicted molar refractivity (Wildman–Crippen MR) is 98.5 cm³/mol. The number of aromatic amines is 1. The van der Waals surface area contributed by atoms with Crippen LogP contribution in [-0.4, -0.2) is 32.8 Å². The summed E-state index contributed by atoms with van der Waals surface area (Å²) >= 11 is 0. The maximum Gasteiger partial charge on any atom is 0.161 e. The van der Waals surface area contributed by atoms with Gasteiger partial charge in [0.2, 0.25) is 0 Å². The van der Waals surface area contributed by atoms with Crippen molar-refractivity contribution < 1.29 is 9.53 Å². The Morgan fingerprint density at radius 3 is 2.65 bits per heavy atom. The molecule has 2 aromatic carbocycles. The standard InChI is InChI=1S/C19H15N5O2/c20-18-17(19-23-14-3-1-2-4-15(14)24-19)22-16(11-21-18)12-5-7-13(8-6-12)26-10-9-25/h1-9,11H,10H2,(H2,20,21)(H,23,24). The maximum atomic E-state index is 10.4. The highest BCUT2D eigenvalue weighted by Crippen LogP contribution is 2.26. The van der Waals surface area contributed by atoms with Gasteiger partial charge in [0.05, 0.1) is 22.9 Å². The molecule has 0 saturated heterocycles. The molecule has 2 aromatic heterocycles. The van der Waals surface area contributed by atoms with E-state index in [0.717, 1.165) is 16.6 Å². The molecular formula is C19H15N5O2. The number of aldehydes is 1. The number of H-pyrrole nitrogens is 1. The molecule has 26 heavy (non-hydrogen) atoms. The van der Waals surface area contributed by atoms with E-state index in [4.69, 9.17) is 10.5 Å². The minimum absolute atomic E-state index is 0.0250. The summed E-state index contributed by atoms with van der Waals surface area (Å²) in [6.07, 6.45) is 2.32. The summed E-state index contributed by atoms with van der Waals surface area (Å²) in [4.78, 5) is 27.0. The van der Waals surface area contributed by atoms with Crippen LogP contribution >= 0.6 is 0 Å². The van der Waals surface area contributed by atoms with E-state index >= 15 is 0 Å². The Bertz CT molecular complexity index is 1040. The topological polar surface area (TPSA) is 107 Å². The molecule has 0 aliphatic heterocycles. The summed E-state index contributed by atoms with van der Waals surface area (Å²) in [5, 5.41) is 0. The average Bonchev–Trinajstić information content (AvgIpc) is 3.11. The van der Waals surface area contributed by atoms with Crippen molar-refractivity contribution >= 4 is 23.1 Å². The lowest BCUT2D eigenvalue weighted by molar-refractivity contribution is -0.109. The predicted octanol–water partition coefficient (Wildman–Crippen LogP) is 2.85. The number of benzene rings is 2. The van der Waals surface area contributed by atoms with E-state index in [0.29, 0.717) is 35.1 Å². The third kappa shape index (κ3) is 2.98. The Morgan fingerprint density at radius 1 is 1.08 bits per heavy atom. The number of hydrogen-bond donors (Lipinski definition) is 2. The number of nitrogen functional groups attached to an aromatic ring is 1. The van der Waals surface area contributed by atoms with E-state index in [1.54, 1.807) is 18.3 Å². The second-order valence-electron chi connectivity index (χ2n) is 5.59. The summed E-state index contributed by atoms with van der Waals surface area (Å²) in [6, 6.07) is 15.0. The van der Waals surface area contributed by atoms with Crippen LogP contribution in [0.25, 0.3) is 33.8 Å². The molecule has 128 valence electrons. The first-order valence-electron chi connectivity index (χ1n) is 7.99. The van der Waals surface area contributed by atoms with E-state index in [2.05, 4.69) is 19.9 Å². The van der Waals surface area contributed by atoms with Crippen LogP contribution in [0.5, 0.6) is 5.75 Å². The smallest absolute Gasteiger partial charge is 0.161 e. The summed E-state index contributed by atoms with van der Waals surface area (Å²) in [5.41, 5.74) is 9.78. The van der Waals surface area contributed by atoms with Crippen LogP contribution < -0.4 is 10.5 Å². The maximum absolute atomic E-state index is 10.4. The molecule has 2 heterocycles. The van der Waals surface area contributed by atoms with Crippen molar-refractivity contribution in [1.29, 1.82) is 0 Å².